The molecule has 2 aromatic rings. The van der Waals surface area contributed by atoms with E-state index in [1.807, 2.05) is 32.0 Å². The van der Waals surface area contributed by atoms with Crippen LogP contribution in [0.3, 0.4) is 0 Å². The minimum absolute atomic E-state index is 0.0363. The van der Waals surface area contributed by atoms with Crippen LogP contribution in [0.15, 0.2) is 54.6 Å². The summed E-state index contributed by atoms with van der Waals surface area (Å²) in [5, 5.41) is 19.0. The molecule has 9 atom stereocenters. The smallest absolute Gasteiger partial charge is 0.410 e. The van der Waals surface area contributed by atoms with Crippen molar-refractivity contribution in [1.29, 1.82) is 0 Å². The van der Waals surface area contributed by atoms with Gasteiger partial charge in [-0.25, -0.2) is 4.79 Å². The van der Waals surface area contributed by atoms with Gasteiger partial charge < -0.3 is 45.1 Å². The molecule has 0 bridgehead atoms. The van der Waals surface area contributed by atoms with Crippen LogP contribution in [0.2, 0.25) is 0 Å². The fraction of sp³-hybridized carbons (Fsp3) is 0.600. The van der Waals surface area contributed by atoms with Crippen molar-refractivity contribution in [2.75, 3.05) is 46.7 Å². The number of anilines is 1. The van der Waals surface area contributed by atoms with Crippen molar-refractivity contribution in [2.24, 2.45) is 17.8 Å². The maximum Gasteiger partial charge on any atom is 0.410 e. The van der Waals surface area contributed by atoms with E-state index in [1.165, 1.54) is 31.1 Å². The average Bonchev–Trinajstić information content (AvgIpc) is 3.74. The lowest BCUT2D eigenvalue weighted by molar-refractivity contribution is -0.146. The van der Waals surface area contributed by atoms with Crippen LogP contribution in [0, 0.1) is 17.8 Å². The quantitative estimate of drug-likeness (QED) is 0.118. The van der Waals surface area contributed by atoms with E-state index < -0.39 is 60.3 Å². The number of amides is 6. The molecule has 338 valence electrons. The number of hydrogen-bond acceptors (Lipinski definition) is 10. The first kappa shape index (κ1) is 50.3. The Kier molecular flexibility index (Phi) is 20.1. The van der Waals surface area contributed by atoms with Crippen LogP contribution in [-0.4, -0.2) is 134 Å². The third-order valence-electron chi connectivity index (χ3n) is 11.9. The van der Waals surface area contributed by atoms with Crippen LogP contribution < -0.4 is 16.0 Å². The lowest BCUT2D eigenvalue weighted by atomic mass is 9.90. The number of ether oxygens (including phenoxy) is 3. The molecule has 16 heteroatoms. The van der Waals surface area contributed by atoms with Gasteiger partial charge in [-0.15, -0.1) is 0 Å². The van der Waals surface area contributed by atoms with Gasteiger partial charge in [0.25, 0.3) is 0 Å². The zero-order valence-electron chi connectivity index (χ0n) is 37.5. The number of hydrogen-bond donors (Lipinski definition) is 4. The molecular formula is C45H68N6O10. The number of likely N-dealkylation sites (tertiary alicyclic amines) is 1. The van der Waals surface area contributed by atoms with Gasteiger partial charge in [-0.1, -0.05) is 83.5 Å². The van der Waals surface area contributed by atoms with Gasteiger partial charge in [-0.2, -0.15) is 0 Å². The molecule has 8 unspecified atom stereocenters. The first-order chi connectivity index (χ1) is 29.0. The lowest BCUT2D eigenvalue weighted by Crippen LogP contribution is -2.56. The molecule has 1 aliphatic heterocycles. The number of carbonyl (C=O) groups is 6. The largest absolute Gasteiger partial charge is 0.445 e. The van der Waals surface area contributed by atoms with E-state index in [4.69, 9.17) is 14.2 Å². The fourth-order valence-corrected chi connectivity index (χ4v) is 8.14. The number of methoxy groups -OCH3 is 2. The fourth-order valence-electron chi connectivity index (χ4n) is 8.14. The molecule has 1 aliphatic rings. The van der Waals surface area contributed by atoms with Gasteiger partial charge in [-0.05, 0) is 54.9 Å². The average molecular weight is 853 g/mol. The number of nitrogens with zero attached hydrogens (tertiary/aromatic N) is 3. The molecule has 0 radical (unpaired) electrons. The van der Waals surface area contributed by atoms with Crippen LogP contribution in [0.25, 0.3) is 0 Å². The number of aliphatic hydroxyl groups is 1. The second-order valence-electron chi connectivity index (χ2n) is 16.3. The third-order valence-corrected chi connectivity index (χ3v) is 11.9. The molecule has 1 heterocycles. The van der Waals surface area contributed by atoms with E-state index in [-0.39, 0.29) is 49.3 Å². The zero-order chi connectivity index (χ0) is 45.4. The number of nitrogens with one attached hydrogen (secondary N) is 3. The number of likely N-dealkylation sites (N-methyl/N-ethyl adjacent to an activating group) is 2. The Balaban J connectivity index is 1.65. The number of rotatable bonds is 23. The summed E-state index contributed by atoms with van der Waals surface area (Å²) in [7, 11) is 6.12. The highest BCUT2D eigenvalue weighted by Crippen LogP contribution is 2.30. The van der Waals surface area contributed by atoms with E-state index in [1.54, 1.807) is 76.0 Å². The molecule has 0 aromatic heterocycles. The minimum Gasteiger partial charge on any atom is -0.445 e. The molecule has 4 N–H and O–H groups in total. The van der Waals surface area contributed by atoms with Gasteiger partial charge in [0.05, 0.1) is 55.3 Å². The van der Waals surface area contributed by atoms with Gasteiger partial charge >= 0.3 is 6.09 Å². The van der Waals surface area contributed by atoms with Crippen LogP contribution in [-0.2, 0) is 44.8 Å². The first-order valence-corrected chi connectivity index (χ1v) is 21.1. The van der Waals surface area contributed by atoms with Gasteiger partial charge in [0.1, 0.15) is 12.6 Å². The second-order valence-corrected chi connectivity index (χ2v) is 16.3. The molecule has 0 spiro atoms. The predicted octanol–water partition coefficient (Wildman–Crippen LogP) is 4.12. The van der Waals surface area contributed by atoms with Crippen molar-refractivity contribution in [3.63, 3.8) is 0 Å². The Hall–Kier alpha value is -5.06. The van der Waals surface area contributed by atoms with Crippen molar-refractivity contribution >= 4 is 41.8 Å². The van der Waals surface area contributed by atoms with E-state index in [2.05, 4.69) is 16.0 Å². The third kappa shape index (κ3) is 13.7. The normalized spacial score (nSPS) is 17.8. The number of aliphatic hydroxyl groups excluding tert-OH is 1. The Morgan fingerprint density at radius 3 is 2.15 bits per heavy atom. The van der Waals surface area contributed by atoms with Gasteiger partial charge in [0.15, 0.2) is 0 Å². The Bertz CT molecular complexity index is 1730. The minimum atomic E-state index is -0.943. The van der Waals surface area contributed by atoms with Crippen molar-refractivity contribution in [3.8, 4) is 0 Å². The maximum absolute atomic E-state index is 14.1. The molecule has 1 fully saturated rings. The molecule has 61 heavy (non-hydrogen) atoms. The second kappa shape index (κ2) is 24.4. The highest BCUT2D eigenvalue weighted by Gasteiger charge is 2.42. The summed E-state index contributed by atoms with van der Waals surface area (Å²) in [5.41, 5.74) is 1.97. The molecule has 0 saturated carbocycles. The molecule has 6 amide bonds. The predicted molar refractivity (Wildman–Crippen MR) is 231 cm³/mol. The molecule has 1 saturated heterocycles. The highest BCUT2D eigenvalue weighted by atomic mass is 16.6. The SMILES string of the molecule is CCC(C)C(C(CC(=O)N1CCCC1[C@H](OC)C(C)C(=O)NC(C)C(O)c1ccccc1)OC)N(C)C(=O)CNC(=O)C(C(C)C)N(C)C(=O)OCc1ccc(NC=O)cc1. The molecular weight excluding hydrogens is 785 g/mol. The summed E-state index contributed by atoms with van der Waals surface area (Å²) in [6.45, 7) is 11.1. The highest BCUT2D eigenvalue weighted by molar-refractivity contribution is 5.89. The number of carbonyl (C=O) groups excluding carboxylic acids is 6. The van der Waals surface area contributed by atoms with Crippen molar-refractivity contribution < 1.29 is 48.1 Å². The molecule has 3 rings (SSSR count). The lowest BCUT2D eigenvalue weighted by Gasteiger charge is -2.39. The first-order valence-electron chi connectivity index (χ1n) is 21.1. The molecule has 2 aromatic carbocycles. The summed E-state index contributed by atoms with van der Waals surface area (Å²) in [6.07, 6.45) is -0.386. The summed E-state index contributed by atoms with van der Waals surface area (Å²) < 4.78 is 17.3. The van der Waals surface area contributed by atoms with E-state index in [0.29, 0.717) is 42.6 Å². The van der Waals surface area contributed by atoms with Crippen LogP contribution >= 0.6 is 0 Å². The van der Waals surface area contributed by atoms with E-state index >= 15 is 0 Å². The van der Waals surface area contributed by atoms with Gasteiger partial charge in [-0.3, -0.25) is 28.9 Å². The summed E-state index contributed by atoms with van der Waals surface area (Å²) in [5.74, 6) is -2.49. The number of benzene rings is 2. The van der Waals surface area contributed by atoms with Crippen molar-refractivity contribution in [1.82, 2.24) is 25.3 Å². The summed E-state index contributed by atoms with van der Waals surface area (Å²) >= 11 is 0. The van der Waals surface area contributed by atoms with Crippen molar-refractivity contribution in [3.05, 3.63) is 65.7 Å². The molecule has 0 aliphatic carbocycles. The van der Waals surface area contributed by atoms with Gasteiger partial charge in [0.2, 0.25) is 30.0 Å². The topological polar surface area (TPSA) is 196 Å². The molecule has 16 nitrogen and oxygen atoms in total. The summed E-state index contributed by atoms with van der Waals surface area (Å²) in [4.78, 5) is 83.1. The zero-order valence-corrected chi connectivity index (χ0v) is 37.5. The van der Waals surface area contributed by atoms with E-state index in [0.717, 1.165) is 6.42 Å². The van der Waals surface area contributed by atoms with Crippen LogP contribution in [0.4, 0.5) is 10.5 Å². The van der Waals surface area contributed by atoms with E-state index in [9.17, 15) is 33.9 Å². The van der Waals surface area contributed by atoms with Gasteiger partial charge in [0, 0.05) is 40.5 Å². The Morgan fingerprint density at radius 2 is 1.57 bits per heavy atom. The monoisotopic (exact) mass is 852 g/mol. The van der Waals surface area contributed by atoms with Crippen molar-refractivity contribution in [2.45, 2.75) is 116 Å². The van der Waals surface area contributed by atoms with Crippen LogP contribution in [0.1, 0.15) is 84.5 Å². The Morgan fingerprint density at radius 1 is 0.918 bits per heavy atom. The Labute approximate surface area is 361 Å². The maximum atomic E-state index is 14.1. The standard InChI is InChI=1S/C45H68N6O10/c1-11-29(4)40(49(7)38(54)25-46-44(57)39(28(2)3)50(8)45(58)61-26-32-19-21-34(22-20-32)47-27-52)36(59-9)24-37(53)51-23-15-18-35(51)42(60-10)30(5)43(56)48-31(6)41(55)33-16-13-12-14-17-33/h12-14,16-17,19-22,27-31,35-36,39-42,55H,11,15,18,23-26H2,1-10H3,(H,46,57)(H,47,52)(H,48,56)/t29?,30?,31?,35?,36?,39?,40?,41?,42-/m1/s1. The summed E-state index contributed by atoms with van der Waals surface area (Å²) in [6, 6.07) is 13.4. The van der Waals surface area contributed by atoms with Crippen LogP contribution in [0.5, 0.6) is 0 Å².